The number of hydrogen-bond donors (Lipinski definition) is 0. The third-order valence-electron chi connectivity index (χ3n) is 7.23. The van der Waals surface area contributed by atoms with Gasteiger partial charge in [0.15, 0.2) is 5.69 Å². The lowest BCUT2D eigenvalue weighted by atomic mass is 9.90. The number of thioether (sulfide) groups is 1. The van der Waals surface area contributed by atoms with Crippen molar-refractivity contribution in [2.75, 3.05) is 11.6 Å². The molecule has 0 aliphatic carbocycles. The van der Waals surface area contributed by atoms with Gasteiger partial charge in [-0.3, -0.25) is 19.3 Å². The summed E-state index contributed by atoms with van der Waals surface area (Å²) < 4.78 is 7.31. The molecule has 3 aliphatic heterocycles. The third kappa shape index (κ3) is 3.21. The molecule has 0 N–H and O–H groups in total. The molecular formula is C26H26N3O3PS. The number of rotatable bonds is 2. The number of piperidine rings is 1. The van der Waals surface area contributed by atoms with E-state index in [2.05, 4.69) is 63.9 Å². The number of hydrogen-bond acceptors (Lipinski definition) is 5. The van der Waals surface area contributed by atoms with E-state index in [0.29, 0.717) is 12.2 Å². The Bertz CT molecular complexity index is 1360. The summed E-state index contributed by atoms with van der Waals surface area (Å²) in [5.74, 6) is 0.831. The summed E-state index contributed by atoms with van der Waals surface area (Å²) in [6.45, 7) is 2.84. The Balaban J connectivity index is 1.67. The molecule has 3 aliphatic rings. The molecule has 0 bridgehead atoms. The second-order valence-corrected chi connectivity index (χ2v) is 10.3. The zero-order valence-electron chi connectivity index (χ0n) is 18.9. The summed E-state index contributed by atoms with van der Waals surface area (Å²) in [6.07, 6.45) is 4.52. The maximum atomic E-state index is 13.7. The molecule has 1 fully saturated rings. The van der Waals surface area contributed by atoms with Crippen LogP contribution in [0.5, 0.6) is 5.75 Å². The number of nitrogens with zero attached hydrogens (tertiary/aromatic N) is 3. The van der Waals surface area contributed by atoms with Gasteiger partial charge in [-0.2, -0.15) is 0 Å². The molecule has 6 rings (SSSR count). The van der Waals surface area contributed by atoms with Crippen molar-refractivity contribution in [3.63, 3.8) is 0 Å². The summed E-state index contributed by atoms with van der Waals surface area (Å²) in [5, 5.41) is 2.31. The van der Waals surface area contributed by atoms with Crippen molar-refractivity contribution in [3.8, 4) is 5.75 Å². The van der Waals surface area contributed by atoms with Crippen molar-refractivity contribution in [3.05, 3.63) is 92.9 Å². The van der Waals surface area contributed by atoms with Gasteiger partial charge in [0.25, 0.3) is 5.91 Å². The first kappa shape index (κ1) is 21.8. The van der Waals surface area contributed by atoms with Crippen molar-refractivity contribution >= 4 is 27.1 Å². The maximum Gasteiger partial charge on any atom is 0.278 e. The monoisotopic (exact) mass is 491 g/mol. The topological polar surface area (TPSA) is 54.8 Å². The third-order valence-corrected chi connectivity index (χ3v) is 8.58. The quantitative estimate of drug-likeness (QED) is 0.490. The van der Waals surface area contributed by atoms with Crippen LogP contribution in [0.2, 0.25) is 0 Å². The van der Waals surface area contributed by atoms with Crippen LogP contribution in [0.3, 0.4) is 0 Å². The second kappa shape index (κ2) is 8.47. The minimum Gasteiger partial charge on any atom is -0.474 e. The van der Waals surface area contributed by atoms with E-state index in [1.54, 1.807) is 6.20 Å². The van der Waals surface area contributed by atoms with E-state index in [4.69, 9.17) is 4.52 Å². The average molecular weight is 492 g/mol. The highest BCUT2D eigenvalue weighted by atomic mass is 32.2. The van der Waals surface area contributed by atoms with Crippen LogP contribution in [-0.2, 0) is 5.75 Å². The molecule has 3 aromatic rings. The minimum atomic E-state index is -0.293. The van der Waals surface area contributed by atoms with E-state index in [0.717, 1.165) is 25.0 Å². The van der Waals surface area contributed by atoms with E-state index in [1.807, 2.05) is 21.3 Å². The Morgan fingerprint density at radius 1 is 1.03 bits per heavy atom. The van der Waals surface area contributed by atoms with Gasteiger partial charge in [0.05, 0.1) is 15.5 Å². The molecule has 1 aromatic heterocycles. The molecule has 8 heteroatoms. The average Bonchev–Trinajstić information content (AvgIpc) is 3.02. The Labute approximate surface area is 205 Å². The van der Waals surface area contributed by atoms with Gasteiger partial charge in [-0.15, -0.1) is 11.8 Å². The highest BCUT2D eigenvalue weighted by Gasteiger charge is 2.45. The van der Waals surface area contributed by atoms with E-state index in [9.17, 15) is 9.59 Å². The number of fused-ring (bicyclic) bond motifs is 4. The normalized spacial score (nSPS) is 21.2. The first-order valence-corrected chi connectivity index (χ1v) is 13.1. The largest absolute Gasteiger partial charge is 0.474 e. The lowest BCUT2D eigenvalue weighted by Crippen LogP contribution is -2.63. The predicted octanol–water partition coefficient (Wildman–Crippen LogP) is 4.62. The number of aromatic nitrogens is 1. The number of carbonyl (C=O) groups is 1. The highest BCUT2D eigenvalue weighted by molar-refractivity contribution is 7.98. The molecule has 0 spiro atoms. The van der Waals surface area contributed by atoms with Gasteiger partial charge >= 0.3 is 0 Å². The number of pyridine rings is 1. The molecular weight excluding hydrogens is 465 g/mol. The molecule has 6 nitrogen and oxygen atoms in total. The van der Waals surface area contributed by atoms with Gasteiger partial charge < -0.3 is 9.42 Å². The summed E-state index contributed by atoms with van der Waals surface area (Å²) in [7, 11) is 2.14. The van der Waals surface area contributed by atoms with Crippen LogP contribution in [0, 0.1) is 6.92 Å². The smallest absolute Gasteiger partial charge is 0.278 e. The fourth-order valence-electron chi connectivity index (χ4n) is 5.63. The zero-order chi connectivity index (χ0) is 23.4. The van der Waals surface area contributed by atoms with Gasteiger partial charge in [-0.1, -0.05) is 36.4 Å². The Morgan fingerprint density at radius 2 is 1.85 bits per heavy atom. The van der Waals surface area contributed by atoms with Crippen molar-refractivity contribution in [1.82, 2.24) is 9.58 Å². The molecule has 4 heterocycles. The fraction of sp³-hybridized carbons (Fsp3) is 0.308. The Morgan fingerprint density at radius 3 is 2.71 bits per heavy atom. The zero-order valence-corrected chi connectivity index (χ0v) is 20.9. The number of benzene rings is 2. The molecule has 1 saturated heterocycles. The standard InChI is InChI=1S/C26H26N3O3PS/c1-16-7-6-9-17-19(16)15-34-21-10-3-2-8-18(21)23(17)29-22-11-4-5-13-27(22)26(31)24-25(32-33)20(30)12-14-28(24)29/h2-3,6-10,12,14,22-23H,4-5,11,13,15,33H2,1H3/t22-,23+/m1/s1. The molecule has 0 saturated carbocycles. The van der Waals surface area contributed by atoms with Crippen molar-refractivity contribution in [2.45, 2.75) is 49.0 Å². The molecule has 3 atom stereocenters. The van der Waals surface area contributed by atoms with Crippen molar-refractivity contribution in [2.24, 2.45) is 0 Å². The summed E-state index contributed by atoms with van der Waals surface area (Å²) in [6, 6.07) is 16.5. The molecule has 1 amide bonds. The Kier molecular flexibility index (Phi) is 5.42. The highest BCUT2D eigenvalue weighted by Crippen LogP contribution is 2.45. The summed E-state index contributed by atoms with van der Waals surface area (Å²) in [4.78, 5) is 29.5. The van der Waals surface area contributed by atoms with Crippen molar-refractivity contribution < 1.29 is 9.32 Å². The van der Waals surface area contributed by atoms with Gasteiger partial charge in [-0.25, -0.2) is 0 Å². The van der Waals surface area contributed by atoms with Crippen LogP contribution in [0.1, 0.15) is 58.0 Å². The van der Waals surface area contributed by atoms with Crippen molar-refractivity contribution in [1.29, 1.82) is 0 Å². The second-order valence-electron chi connectivity index (χ2n) is 9.05. The van der Waals surface area contributed by atoms with Crippen LogP contribution in [-0.4, -0.2) is 28.2 Å². The van der Waals surface area contributed by atoms with Crippen LogP contribution in [0.15, 0.2) is 64.4 Å². The van der Waals surface area contributed by atoms with Crippen LogP contribution in [0.25, 0.3) is 0 Å². The lowest BCUT2D eigenvalue weighted by molar-refractivity contribution is 0.0464. The number of aryl methyl sites for hydroxylation is 1. The van der Waals surface area contributed by atoms with E-state index in [1.165, 1.54) is 33.2 Å². The minimum absolute atomic E-state index is 0.0762. The van der Waals surface area contributed by atoms with Gasteiger partial charge in [0.1, 0.15) is 6.17 Å². The summed E-state index contributed by atoms with van der Waals surface area (Å²) in [5.41, 5.74) is 5.07. The summed E-state index contributed by atoms with van der Waals surface area (Å²) >= 11 is 1.86. The van der Waals surface area contributed by atoms with E-state index in [-0.39, 0.29) is 29.3 Å². The van der Waals surface area contributed by atoms with Crippen LogP contribution >= 0.6 is 21.2 Å². The first-order chi connectivity index (χ1) is 16.6. The van der Waals surface area contributed by atoms with Crippen LogP contribution in [0.4, 0.5) is 0 Å². The molecule has 34 heavy (non-hydrogen) atoms. The predicted molar refractivity (Wildman–Crippen MR) is 137 cm³/mol. The van der Waals surface area contributed by atoms with E-state index >= 15 is 0 Å². The number of carbonyl (C=O) groups excluding carboxylic acids is 1. The molecule has 2 aromatic carbocycles. The maximum absolute atomic E-state index is 13.7. The lowest BCUT2D eigenvalue weighted by Gasteiger charge is -2.52. The SMILES string of the molecule is Cc1cccc2c1CSc1ccccc1[C@H]2N1[C@@H]2CCCCN2C(=O)c2c(OP)c(=O)ccn21. The number of amides is 1. The fourth-order valence-corrected chi connectivity index (χ4v) is 7.07. The van der Waals surface area contributed by atoms with Gasteiger partial charge in [0.2, 0.25) is 11.2 Å². The molecule has 1 unspecified atom stereocenters. The molecule has 174 valence electrons. The van der Waals surface area contributed by atoms with Gasteiger partial charge in [-0.05, 0) is 54.5 Å². The van der Waals surface area contributed by atoms with Crippen LogP contribution < -0.4 is 15.0 Å². The first-order valence-electron chi connectivity index (χ1n) is 11.6. The Hall–Kier alpha value is -2.76. The van der Waals surface area contributed by atoms with Gasteiger partial charge in [0, 0.05) is 29.5 Å². The van der Waals surface area contributed by atoms with E-state index < -0.39 is 0 Å². The molecule has 0 radical (unpaired) electrons.